The molecule has 0 saturated carbocycles. The lowest BCUT2D eigenvalue weighted by Crippen LogP contribution is -2.31. The lowest BCUT2D eigenvalue weighted by atomic mass is 10.1. The predicted molar refractivity (Wildman–Crippen MR) is 90.4 cm³/mol. The van der Waals surface area contributed by atoms with Crippen LogP contribution in [0.4, 0.5) is 0 Å². The number of hydrogen-bond acceptors (Lipinski definition) is 4. The molecule has 0 bridgehead atoms. The van der Waals surface area contributed by atoms with E-state index in [2.05, 4.69) is 10.6 Å². The number of carbonyl (C=O) groups excluding carboxylic acids is 2. The SMILES string of the molecule is CSc1ccc(C(C)NC(=O)CCNC(=O)c2ccco2)cc1. The summed E-state index contributed by atoms with van der Waals surface area (Å²) in [5, 5.41) is 5.57. The van der Waals surface area contributed by atoms with Crippen molar-refractivity contribution < 1.29 is 14.0 Å². The van der Waals surface area contributed by atoms with Crippen molar-refractivity contribution in [2.75, 3.05) is 12.8 Å². The van der Waals surface area contributed by atoms with Crippen molar-refractivity contribution in [2.24, 2.45) is 0 Å². The molecule has 0 aliphatic carbocycles. The van der Waals surface area contributed by atoms with Gasteiger partial charge in [-0.1, -0.05) is 12.1 Å². The number of hydrogen-bond donors (Lipinski definition) is 2. The van der Waals surface area contributed by atoms with Gasteiger partial charge in [-0.3, -0.25) is 9.59 Å². The molecule has 1 atom stereocenters. The smallest absolute Gasteiger partial charge is 0.286 e. The van der Waals surface area contributed by atoms with E-state index in [4.69, 9.17) is 4.42 Å². The molecule has 6 heteroatoms. The third kappa shape index (κ3) is 5.17. The fraction of sp³-hybridized carbons (Fsp3) is 0.294. The van der Waals surface area contributed by atoms with Crippen molar-refractivity contribution in [1.29, 1.82) is 0 Å². The molecule has 2 aromatic rings. The van der Waals surface area contributed by atoms with Crippen LogP contribution in [0.2, 0.25) is 0 Å². The molecule has 122 valence electrons. The molecule has 0 saturated heterocycles. The Morgan fingerprint density at radius 1 is 1.22 bits per heavy atom. The van der Waals surface area contributed by atoms with E-state index in [0.717, 1.165) is 5.56 Å². The van der Waals surface area contributed by atoms with Crippen LogP contribution < -0.4 is 10.6 Å². The van der Waals surface area contributed by atoms with Crippen molar-refractivity contribution in [3.63, 3.8) is 0 Å². The van der Waals surface area contributed by atoms with E-state index >= 15 is 0 Å². The van der Waals surface area contributed by atoms with Crippen molar-refractivity contribution >= 4 is 23.6 Å². The maximum absolute atomic E-state index is 11.9. The minimum absolute atomic E-state index is 0.0702. The van der Waals surface area contributed by atoms with E-state index in [9.17, 15) is 9.59 Å². The highest BCUT2D eigenvalue weighted by Crippen LogP contribution is 2.18. The number of carbonyl (C=O) groups is 2. The van der Waals surface area contributed by atoms with Crippen LogP contribution in [0.1, 0.15) is 35.5 Å². The maximum atomic E-state index is 11.9. The van der Waals surface area contributed by atoms with E-state index < -0.39 is 0 Å². The first-order chi connectivity index (χ1) is 11.1. The topological polar surface area (TPSA) is 71.3 Å². The summed E-state index contributed by atoms with van der Waals surface area (Å²) in [6.45, 7) is 2.21. The summed E-state index contributed by atoms with van der Waals surface area (Å²) in [4.78, 5) is 24.8. The predicted octanol–water partition coefficient (Wildman–Crippen LogP) is 3.00. The van der Waals surface area contributed by atoms with Gasteiger partial charge in [-0.25, -0.2) is 0 Å². The number of thioether (sulfide) groups is 1. The summed E-state index contributed by atoms with van der Waals surface area (Å²) < 4.78 is 4.98. The Bertz CT molecular complexity index is 638. The highest BCUT2D eigenvalue weighted by molar-refractivity contribution is 7.98. The zero-order valence-electron chi connectivity index (χ0n) is 13.2. The second kappa shape index (κ2) is 8.43. The van der Waals surface area contributed by atoms with Gasteiger partial charge in [0, 0.05) is 17.9 Å². The average Bonchev–Trinajstić information content (AvgIpc) is 3.09. The van der Waals surface area contributed by atoms with Crippen LogP contribution in [0.3, 0.4) is 0 Å². The van der Waals surface area contributed by atoms with Gasteiger partial charge < -0.3 is 15.1 Å². The van der Waals surface area contributed by atoms with Crippen LogP contribution in [0.5, 0.6) is 0 Å². The molecule has 1 aromatic heterocycles. The Morgan fingerprint density at radius 3 is 2.57 bits per heavy atom. The van der Waals surface area contributed by atoms with Crippen molar-refractivity contribution in [2.45, 2.75) is 24.3 Å². The molecule has 2 N–H and O–H groups in total. The first-order valence-electron chi connectivity index (χ1n) is 7.35. The van der Waals surface area contributed by atoms with Crippen LogP contribution in [-0.2, 0) is 4.79 Å². The standard InChI is InChI=1S/C17H20N2O3S/c1-12(13-5-7-14(23-2)8-6-13)19-16(20)9-10-18-17(21)15-4-3-11-22-15/h3-8,11-12H,9-10H2,1-2H3,(H,18,21)(H,19,20). The summed E-state index contributed by atoms with van der Waals surface area (Å²) in [6.07, 6.45) is 3.68. The summed E-state index contributed by atoms with van der Waals surface area (Å²) in [5.74, 6) is -0.178. The second-order valence-electron chi connectivity index (χ2n) is 5.05. The molecule has 0 aliphatic rings. The van der Waals surface area contributed by atoms with Crippen molar-refractivity contribution in [3.05, 3.63) is 54.0 Å². The van der Waals surface area contributed by atoms with Gasteiger partial charge in [-0.05, 0) is 43.0 Å². The Labute approximate surface area is 139 Å². The Kier molecular flexibility index (Phi) is 6.29. The zero-order chi connectivity index (χ0) is 16.7. The Hall–Kier alpha value is -2.21. The normalized spacial score (nSPS) is 11.7. The third-order valence-corrected chi connectivity index (χ3v) is 4.12. The van der Waals surface area contributed by atoms with Gasteiger partial charge >= 0.3 is 0 Å². The molecule has 0 aliphatic heterocycles. The summed E-state index contributed by atoms with van der Waals surface area (Å²) in [5.41, 5.74) is 1.05. The van der Waals surface area contributed by atoms with Gasteiger partial charge in [-0.2, -0.15) is 0 Å². The molecule has 0 fully saturated rings. The van der Waals surface area contributed by atoms with Crippen molar-refractivity contribution in [3.8, 4) is 0 Å². The lowest BCUT2D eigenvalue weighted by Gasteiger charge is -2.14. The molecular formula is C17H20N2O3S. The Balaban J connectivity index is 1.74. The quantitative estimate of drug-likeness (QED) is 0.765. The molecule has 0 radical (unpaired) electrons. The van der Waals surface area contributed by atoms with E-state index in [1.165, 1.54) is 11.2 Å². The van der Waals surface area contributed by atoms with Gasteiger partial charge in [0.05, 0.1) is 12.3 Å². The van der Waals surface area contributed by atoms with Crippen LogP contribution in [0.15, 0.2) is 52.0 Å². The van der Waals surface area contributed by atoms with Crippen LogP contribution in [0, 0.1) is 0 Å². The zero-order valence-corrected chi connectivity index (χ0v) is 14.0. The number of rotatable bonds is 7. The van der Waals surface area contributed by atoms with E-state index in [-0.39, 0.29) is 36.6 Å². The Morgan fingerprint density at radius 2 is 1.96 bits per heavy atom. The molecule has 2 amide bonds. The number of benzene rings is 1. The molecule has 23 heavy (non-hydrogen) atoms. The largest absolute Gasteiger partial charge is 0.459 e. The van der Waals surface area contributed by atoms with Gasteiger partial charge in [0.2, 0.25) is 5.91 Å². The highest BCUT2D eigenvalue weighted by atomic mass is 32.2. The summed E-state index contributed by atoms with van der Waals surface area (Å²) in [6, 6.07) is 11.2. The maximum Gasteiger partial charge on any atom is 0.286 e. The van der Waals surface area contributed by atoms with Gasteiger partial charge in [0.25, 0.3) is 5.91 Å². The first-order valence-corrected chi connectivity index (χ1v) is 8.57. The lowest BCUT2D eigenvalue weighted by molar-refractivity contribution is -0.121. The molecule has 2 rings (SSSR count). The molecule has 1 unspecified atom stereocenters. The van der Waals surface area contributed by atoms with Crippen LogP contribution in [-0.4, -0.2) is 24.6 Å². The number of amides is 2. The minimum atomic E-state index is -0.316. The van der Waals surface area contributed by atoms with E-state index in [1.54, 1.807) is 23.9 Å². The fourth-order valence-corrected chi connectivity index (χ4v) is 2.48. The minimum Gasteiger partial charge on any atom is -0.459 e. The molecule has 1 aromatic carbocycles. The van der Waals surface area contributed by atoms with E-state index in [0.29, 0.717) is 0 Å². The average molecular weight is 332 g/mol. The van der Waals surface area contributed by atoms with Gasteiger partial charge in [0.1, 0.15) is 0 Å². The van der Waals surface area contributed by atoms with Crippen LogP contribution in [0.25, 0.3) is 0 Å². The highest BCUT2D eigenvalue weighted by Gasteiger charge is 2.11. The summed E-state index contributed by atoms with van der Waals surface area (Å²) in [7, 11) is 0. The van der Waals surface area contributed by atoms with E-state index in [1.807, 2.05) is 37.4 Å². The van der Waals surface area contributed by atoms with Gasteiger partial charge in [-0.15, -0.1) is 11.8 Å². The number of nitrogens with one attached hydrogen (secondary N) is 2. The van der Waals surface area contributed by atoms with Gasteiger partial charge in [0.15, 0.2) is 5.76 Å². The molecule has 1 heterocycles. The monoisotopic (exact) mass is 332 g/mol. The third-order valence-electron chi connectivity index (χ3n) is 3.38. The fourth-order valence-electron chi connectivity index (χ4n) is 2.07. The molecule has 5 nitrogen and oxygen atoms in total. The molecule has 0 spiro atoms. The number of furan rings is 1. The second-order valence-corrected chi connectivity index (χ2v) is 5.93. The van der Waals surface area contributed by atoms with Crippen LogP contribution >= 0.6 is 11.8 Å². The summed E-state index contributed by atoms with van der Waals surface area (Å²) >= 11 is 1.68. The molecular weight excluding hydrogens is 312 g/mol. The van der Waals surface area contributed by atoms with Crippen molar-refractivity contribution in [1.82, 2.24) is 10.6 Å². The first kappa shape index (κ1) is 17.1.